The van der Waals surface area contributed by atoms with E-state index in [0.29, 0.717) is 23.7 Å². The quantitative estimate of drug-likeness (QED) is 0.501. The lowest BCUT2D eigenvalue weighted by Crippen LogP contribution is -2.40. The molecule has 0 fully saturated rings. The van der Waals surface area contributed by atoms with Gasteiger partial charge in [0.15, 0.2) is 11.2 Å². The molecule has 5 rings (SSSR count). The van der Waals surface area contributed by atoms with Crippen molar-refractivity contribution in [3.8, 4) is 0 Å². The van der Waals surface area contributed by atoms with Gasteiger partial charge in [0.2, 0.25) is 5.95 Å². The van der Waals surface area contributed by atoms with Gasteiger partial charge in [0, 0.05) is 25.8 Å². The van der Waals surface area contributed by atoms with Crippen LogP contribution in [0.4, 0.5) is 11.6 Å². The molecule has 0 spiro atoms. The predicted octanol–water partition coefficient (Wildman–Crippen LogP) is 3.41. The van der Waals surface area contributed by atoms with Crippen LogP contribution in [0.3, 0.4) is 0 Å². The largest absolute Gasteiger partial charge is 0.332 e. The maximum absolute atomic E-state index is 13.6. The van der Waals surface area contributed by atoms with Crippen molar-refractivity contribution < 1.29 is 0 Å². The molecule has 7 nitrogen and oxygen atoms in total. The third-order valence-electron chi connectivity index (χ3n) is 6.36. The van der Waals surface area contributed by atoms with E-state index in [1.54, 1.807) is 7.05 Å². The number of imidazole rings is 1. The molecule has 1 aliphatic rings. The van der Waals surface area contributed by atoms with Gasteiger partial charge in [-0.2, -0.15) is 4.98 Å². The normalized spacial score (nSPS) is 13.6. The Morgan fingerprint density at radius 3 is 2.53 bits per heavy atom. The van der Waals surface area contributed by atoms with Gasteiger partial charge in [-0.25, -0.2) is 4.79 Å². The van der Waals surface area contributed by atoms with Gasteiger partial charge in [-0.3, -0.25) is 13.9 Å². The van der Waals surface area contributed by atoms with E-state index in [-0.39, 0.29) is 17.8 Å². The predicted molar refractivity (Wildman–Crippen MR) is 127 cm³/mol. The minimum absolute atomic E-state index is 0.247. The molecule has 0 aliphatic carbocycles. The molecule has 0 N–H and O–H groups in total. The van der Waals surface area contributed by atoms with Crippen LogP contribution in [0, 0.1) is 20.8 Å². The van der Waals surface area contributed by atoms with Crippen LogP contribution in [-0.2, 0) is 20.1 Å². The molecule has 0 saturated carbocycles. The monoisotopic (exact) mass is 429 g/mol. The topological polar surface area (TPSA) is 65.1 Å². The summed E-state index contributed by atoms with van der Waals surface area (Å²) in [6.45, 7) is 7.84. The maximum Gasteiger partial charge on any atom is 0.332 e. The van der Waals surface area contributed by atoms with Crippen molar-refractivity contribution in [3.05, 3.63) is 85.6 Å². The van der Waals surface area contributed by atoms with Gasteiger partial charge in [0.05, 0.1) is 6.54 Å². The van der Waals surface area contributed by atoms with Crippen molar-refractivity contribution in [1.29, 1.82) is 0 Å². The number of fused-ring (bicyclic) bond motifs is 3. The SMILES string of the molecule is Cc1cccc(N2CCCn3c2nc2c3c(=O)n(Cc3cc(C)ccc3C)c(=O)n2C)c1. The van der Waals surface area contributed by atoms with Crippen LogP contribution >= 0.6 is 0 Å². The van der Waals surface area contributed by atoms with Gasteiger partial charge in [0.1, 0.15) is 0 Å². The van der Waals surface area contributed by atoms with E-state index < -0.39 is 0 Å². The first-order chi connectivity index (χ1) is 15.3. The summed E-state index contributed by atoms with van der Waals surface area (Å²) in [5.74, 6) is 0.716. The average Bonchev–Trinajstić information content (AvgIpc) is 3.17. The molecule has 1 aliphatic heterocycles. The number of aryl methyl sites for hydroxylation is 5. The molecule has 0 saturated heterocycles. The van der Waals surface area contributed by atoms with Gasteiger partial charge in [-0.15, -0.1) is 0 Å². The van der Waals surface area contributed by atoms with Crippen LogP contribution in [-0.4, -0.2) is 25.2 Å². The van der Waals surface area contributed by atoms with Crippen LogP contribution in [0.5, 0.6) is 0 Å². The third-order valence-corrected chi connectivity index (χ3v) is 6.36. The van der Waals surface area contributed by atoms with E-state index in [2.05, 4.69) is 30.0 Å². The summed E-state index contributed by atoms with van der Waals surface area (Å²) in [6, 6.07) is 14.4. The Hall–Kier alpha value is -3.61. The van der Waals surface area contributed by atoms with Crippen molar-refractivity contribution >= 4 is 22.8 Å². The Bertz CT molecular complexity index is 1470. The van der Waals surface area contributed by atoms with Gasteiger partial charge >= 0.3 is 5.69 Å². The van der Waals surface area contributed by atoms with E-state index in [1.165, 1.54) is 14.7 Å². The van der Waals surface area contributed by atoms with Crippen LogP contribution in [0.15, 0.2) is 52.1 Å². The first-order valence-corrected chi connectivity index (χ1v) is 11.0. The summed E-state index contributed by atoms with van der Waals surface area (Å²) in [6.07, 6.45) is 0.895. The second-order valence-electron chi connectivity index (χ2n) is 8.74. The summed E-state index contributed by atoms with van der Waals surface area (Å²) in [5, 5.41) is 0. The third kappa shape index (κ3) is 3.16. The van der Waals surface area contributed by atoms with Gasteiger partial charge in [-0.05, 0) is 56.0 Å². The van der Waals surface area contributed by atoms with Crippen molar-refractivity contribution in [3.63, 3.8) is 0 Å². The molecule has 0 amide bonds. The Labute approximate surface area is 186 Å². The molecule has 2 aromatic heterocycles. The fourth-order valence-corrected chi connectivity index (χ4v) is 4.59. The molecular weight excluding hydrogens is 402 g/mol. The Kier molecular flexibility index (Phi) is 4.77. The average molecular weight is 430 g/mol. The summed E-state index contributed by atoms with van der Waals surface area (Å²) < 4.78 is 4.81. The summed E-state index contributed by atoms with van der Waals surface area (Å²) in [5.41, 5.74) is 5.65. The number of rotatable bonds is 3. The van der Waals surface area contributed by atoms with Crippen molar-refractivity contribution in [2.75, 3.05) is 11.4 Å². The lowest BCUT2D eigenvalue weighted by molar-refractivity contribution is 0.597. The van der Waals surface area contributed by atoms with E-state index in [1.807, 2.05) is 42.7 Å². The lowest BCUT2D eigenvalue weighted by Gasteiger charge is -2.29. The van der Waals surface area contributed by atoms with Crippen LogP contribution in [0.2, 0.25) is 0 Å². The van der Waals surface area contributed by atoms with Crippen LogP contribution in [0.25, 0.3) is 11.2 Å². The molecule has 2 aromatic carbocycles. The van der Waals surface area contributed by atoms with Crippen molar-refractivity contribution in [1.82, 2.24) is 18.7 Å². The molecular formula is C25H27N5O2. The van der Waals surface area contributed by atoms with Gasteiger partial charge < -0.3 is 9.47 Å². The highest BCUT2D eigenvalue weighted by Gasteiger charge is 2.27. The number of hydrogen-bond acceptors (Lipinski definition) is 4. The van der Waals surface area contributed by atoms with E-state index in [9.17, 15) is 9.59 Å². The molecule has 7 heteroatoms. The zero-order chi connectivity index (χ0) is 22.6. The molecule has 0 radical (unpaired) electrons. The molecule has 0 atom stereocenters. The van der Waals surface area contributed by atoms with E-state index in [0.717, 1.165) is 35.3 Å². The number of benzene rings is 2. The number of aromatic nitrogens is 4. The lowest BCUT2D eigenvalue weighted by atomic mass is 10.1. The number of anilines is 2. The van der Waals surface area contributed by atoms with E-state index >= 15 is 0 Å². The molecule has 3 heterocycles. The zero-order valence-electron chi connectivity index (χ0n) is 18.9. The second-order valence-corrected chi connectivity index (χ2v) is 8.74. The first kappa shape index (κ1) is 20.3. The molecule has 4 aromatic rings. The fraction of sp³-hybridized carbons (Fsp3) is 0.320. The number of nitrogens with zero attached hydrogens (tertiary/aromatic N) is 5. The first-order valence-electron chi connectivity index (χ1n) is 11.0. The zero-order valence-corrected chi connectivity index (χ0v) is 18.9. The van der Waals surface area contributed by atoms with Crippen LogP contribution < -0.4 is 16.1 Å². The Morgan fingerprint density at radius 1 is 0.969 bits per heavy atom. The highest BCUT2D eigenvalue weighted by Crippen LogP contribution is 2.31. The van der Waals surface area contributed by atoms with Crippen molar-refractivity contribution in [2.24, 2.45) is 7.05 Å². The summed E-state index contributed by atoms with van der Waals surface area (Å²) in [7, 11) is 1.69. The Balaban J connectivity index is 1.71. The van der Waals surface area contributed by atoms with Crippen LogP contribution in [0.1, 0.15) is 28.7 Å². The summed E-state index contributed by atoms with van der Waals surface area (Å²) in [4.78, 5) is 33.7. The van der Waals surface area contributed by atoms with Gasteiger partial charge in [-0.1, -0.05) is 35.9 Å². The highest BCUT2D eigenvalue weighted by atomic mass is 16.2. The minimum atomic E-state index is -0.346. The Morgan fingerprint density at radius 2 is 1.75 bits per heavy atom. The molecule has 0 unspecified atom stereocenters. The standard InChI is InChI=1S/C25H27N5O2/c1-16-7-5-8-20(14-16)28-11-6-12-29-21-22(26-24(28)29)27(4)25(32)30(23(21)31)15-19-13-17(2)9-10-18(19)3/h5,7-10,13-14H,6,11-12,15H2,1-4H3. The minimum Gasteiger partial charge on any atom is -0.312 e. The molecule has 32 heavy (non-hydrogen) atoms. The van der Waals surface area contributed by atoms with Crippen molar-refractivity contribution in [2.45, 2.75) is 40.3 Å². The molecule has 0 bridgehead atoms. The maximum atomic E-state index is 13.6. The summed E-state index contributed by atoms with van der Waals surface area (Å²) >= 11 is 0. The molecule has 164 valence electrons. The highest BCUT2D eigenvalue weighted by molar-refractivity contribution is 5.77. The number of hydrogen-bond donors (Lipinski definition) is 0. The second kappa shape index (κ2) is 7.51. The van der Waals surface area contributed by atoms with Gasteiger partial charge in [0.25, 0.3) is 5.56 Å². The smallest absolute Gasteiger partial charge is 0.312 e. The fourth-order valence-electron chi connectivity index (χ4n) is 4.59. The van der Waals surface area contributed by atoms with E-state index in [4.69, 9.17) is 4.98 Å².